The maximum atomic E-state index is 12.8. The van der Waals surface area contributed by atoms with Gasteiger partial charge in [-0.15, -0.1) is 10.2 Å². The number of thioether (sulfide) groups is 1. The number of nitrogens with two attached hydrogens (primary N) is 1. The van der Waals surface area contributed by atoms with E-state index < -0.39 is 0 Å². The van der Waals surface area contributed by atoms with Gasteiger partial charge in [0.05, 0.1) is 5.75 Å². The third-order valence-corrected chi connectivity index (χ3v) is 7.26. The number of aromatic nitrogens is 2. The summed E-state index contributed by atoms with van der Waals surface area (Å²) in [7, 11) is 0. The van der Waals surface area contributed by atoms with Crippen LogP contribution in [0.5, 0.6) is 0 Å². The molecule has 5 rings (SSSR count). The third-order valence-electron chi connectivity index (χ3n) is 5.38. The second kappa shape index (κ2) is 4.70. The van der Waals surface area contributed by atoms with Crippen LogP contribution >= 0.6 is 23.1 Å². The van der Waals surface area contributed by atoms with Crippen LogP contribution in [0.25, 0.3) is 0 Å². The van der Waals surface area contributed by atoms with Gasteiger partial charge in [-0.1, -0.05) is 23.1 Å². The Hall–Kier alpha value is -0.620. The number of nitrogen functional groups attached to an aromatic ring is 1. The van der Waals surface area contributed by atoms with Crippen LogP contribution in [0.1, 0.15) is 38.5 Å². The molecule has 4 nitrogen and oxygen atoms in total. The normalized spacial score (nSPS) is 38.3. The van der Waals surface area contributed by atoms with Crippen molar-refractivity contribution in [2.75, 3.05) is 11.5 Å². The van der Waals surface area contributed by atoms with Crippen molar-refractivity contribution in [2.24, 2.45) is 23.2 Å². The molecule has 1 heterocycles. The fourth-order valence-corrected chi connectivity index (χ4v) is 6.68. The number of ketones is 1. The van der Waals surface area contributed by atoms with E-state index in [1.54, 1.807) is 0 Å². The topological polar surface area (TPSA) is 68.9 Å². The molecular weight excluding hydrogens is 290 g/mol. The Kier molecular flexibility index (Phi) is 3.07. The molecule has 6 heteroatoms. The Bertz CT molecular complexity index is 507. The van der Waals surface area contributed by atoms with E-state index >= 15 is 0 Å². The minimum Gasteiger partial charge on any atom is -0.374 e. The summed E-state index contributed by atoms with van der Waals surface area (Å²) in [5.74, 6) is 3.48. The van der Waals surface area contributed by atoms with Gasteiger partial charge in [0.15, 0.2) is 4.34 Å². The van der Waals surface area contributed by atoms with Gasteiger partial charge in [0.2, 0.25) is 5.13 Å². The van der Waals surface area contributed by atoms with Crippen LogP contribution in [0.2, 0.25) is 0 Å². The van der Waals surface area contributed by atoms with Crippen LogP contribution in [-0.2, 0) is 4.79 Å². The lowest BCUT2D eigenvalue weighted by Crippen LogP contribution is -2.50. The summed E-state index contributed by atoms with van der Waals surface area (Å²) in [5.41, 5.74) is 5.59. The Morgan fingerprint density at radius 3 is 2.30 bits per heavy atom. The summed E-state index contributed by atoms with van der Waals surface area (Å²) in [4.78, 5) is 12.8. The van der Waals surface area contributed by atoms with Crippen molar-refractivity contribution in [1.82, 2.24) is 10.2 Å². The highest BCUT2D eigenvalue weighted by molar-refractivity contribution is 8.01. The van der Waals surface area contributed by atoms with Gasteiger partial charge in [-0.3, -0.25) is 4.79 Å². The van der Waals surface area contributed by atoms with E-state index in [9.17, 15) is 4.79 Å². The maximum Gasteiger partial charge on any atom is 0.203 e. The number of hydrogen-bond donors (Lipinski definition) is 1. The molecule has 0 unspecified atom stereocenters. The van der Waals surface area contributed by atoms with Gasteiger partial charge >= 0.3 is 0 Å². The van der Waals surface area contributed by atoms with E-state index in [0.717, 1.165) is 41.4 Å². The summed E-state index contributed by atoms with van der Waals surface area (Å²) in [6, 6.07) is 0. The summed E-state index contributed by atoms with van der Waals surface area (Å²) in [6.45, 7) is 0. The van der Waals surface area contributed by atoms with Crippen LogP contribution in [0.15, 0.2) is 4.34 Å². The van der Waals surface area contributed by atoms with Crippen molar-refractivity contribution in [2.45, 2.75) is 42.9 Å². The number of carbonyl (C=O) groups is 1. The van der Waals surface area contributed by atoms with Crippen LogP contribution in [0.3, 0.4) is 0 Å². The lowest BCUT2D eigenvalue weighted by atomic mass is 9.48. The van der Waals surface area contributed by atoms with Crippen molar-refractivity contribution in [1.29, 1.82) is 0 Å². The molecule has 4 aliphatic carbocycles. The molecule has 1 aromatic rings. The van der Waals surface area contributed by atoms with Crippen LogP contribution in [0.4, 0.5) is 5.13 Å². The molecule has 0 amide bonds. The van der Waals surface area contributed by atoms with Crippen molar-refractivity contribution >= 4 is 34.0 Å². The zero-order valence-corrected chi connectivity index (χ0v) is 13.0. The number of hydrogen-bond acceptors (Lipinski definition) is 6. The first-order chi connectivity index (χ1) is 9.63. The molecule has 0 saturated heterocycles. The summed E-state index contributed by atoms with van der Waals surface area (Å²) < 4.78 is 0.820. The quantitative estimate of drug-likeness (QED) is 0.866. The molecular formula is C14H19N3OS2. The van der Waals surface area contributed by atoms with Gasteiger partial charge in [-0.2, -0.15) is 0 Å². The Labute approximate surface area is 126 Å². The largest absolute Gasteiger partial charge is 0.374 e. The number of anilines is 1. The van der Waals surface area contributed by atoms with E-state index in [-0.39, 0.29) is 5.41 Å². The van der Waals surface area contributed by atoms with E-state index in [0.29, 0.717) is 16.7 Å². The molecule has 4 bridgehead atoms. The number of carbonyl (C=O) groups excluding carboxylic acids is 1. The first kappa shape index (κ1) is 13.1. The number of Topliss-reactive ketones (excluding diaryl/α,β-unsaturated/α-hetero) is 1. The van der Waals surface area contributed by atoms with Gasteiger partial charge in [0.25, 0.3) is 0 Å². The molecule has 0 spiro atoms. The molecule has 4 fully saturated rings. The van der Waals surface area contributed by atoms with Crippen molar-refractivity contribution < 1.29 is 4.79 Å². The third kappa shape index (κ3) is 2.17. The Balaban J connectivity index is 1.45. The first-order valence-corrected chi connectivity index (χ1v) is 9.18. The van der Waals surface area contributed by atoms with Crippen molar-refractivity contribution in [3.8, 4) is 0 Å². The maximum absolute atomic E-state index is 12.8. The highest BCUT2D eigenvalue weighted by Crippen LogP contribution is 2.60. The van der Waals surface area contributed by atoms with Gasteiger partial charge in [-0.25, -0.2) is 0 Å². The predicted molar refractivity (Wildman–Crippen MR) is 80.7 cm³/mol. The molecule has 0 aliphatic heterocycles. The molecule has 0 atom stereocenters. The highest BCUT2D eigenvalue weighted by Gasteiger charge is 2.54. The average molecular weight is 309 g/mol. The van der Waals surface area contributed by atoms with E-state index in [4.69, 9.17) is 5.73 Å². The van der Waals surface area contributed by atoms with E-state index in [1.165, 1.54) is 42.4 Å². The lowest BCUT2D eigenvalue weighted by Gasteiger charge is -2.56. The minimum atomic E-state index is 0.0119. The van der Waals surface area contributed by atoms with Crippen LogP contribution in [0, 0.1) is 23.2 Å². The van der Waals surface area contributed by atoms with Crippen molar-refractivity contribution in [3.05, 3.63) is 0 Å². The SMILES string of the molecule is Nc1nnc(SCC(=O)C23CC4CC(CC(C4)C2)C3)s1. The molecule has 4 aliphatic rings. The molecule has 20 heavy (non-hydrogen) atoms. The Morgan fingerprint density at radius 1 is 1.20 bits per heavy atom. The van der Waals surface area contributed by atoms with Crippen molar-refractivity contribution in [3.63, 3.8) is 0 Å². The van der Waals surface area contributed by atoms with Gasteiger partial charge in [0.1, 0.15) is 5.78 Å². The van der Waals surface area contributed by atoms with Crippen LogP contribution in [-0.4, -0.2) is 21.7 Å². The second-order valence-corrected chi connectivity index (χ2v) is 9.05. The fourth-order valence-electron chi connectivity index (χ4n) is 5.01. The van der Waals surface area contributed by atoms with E-state index in [2.05, 4.69) is 10.2 Å². The van der Waals surface area contributed by atoms with Gasteiger partial charge in [-0.05, 0) is 56.3 Å². The van der Waals surface area contributed by atoms with Crippen LogP contribution < -0.4 is 5.73 Å². The second-order valence-electron chi connectivity index (χ2n) is 6.82. The molecule has 0 aromatic carbocycles. The first-order valence-electron chi connectivity index (χ1n) is 7.38. The standard InChI is InChI=1S/C14H19N3OS2/c15-12-16-17-13(20-12)19-7-11(18)14-4-8-1-9(5-14)3-10(2-8)6-14/h8-10H,1-7H2,(H2,15,16). The smallest absolute Gasteiger partial charge is 0.203 e. The predicted octanol–water partition coefficient (Wildman–Crippen LogP) is 3.00. The molecule has 1 aromatic heterocycles. The minimum absolute atomic E-state index is 0.0119. The fraction of sp³-hybridized carbons (Fsp3) is 0.786. The lowest BCUT2D eigenvalue weighted by molar-refractivity contribution is -0.141. The zero-order valence-electron chi connectivity index (χ0n) is 11.4. The average Bonchev–Trinajstić information content (AvgIpc) is 2.80. The number of rotatable bonds is 4. The number of nitrogens with zero attached hydrogens (tertiary/aromatic N) is 2. The highest BCUT2D eigenvalue weighted by atomic mass is 32.2. The van der Waals surface area contributed by atoms with E-state index in [1.807, 2.05) is 0 Å². The summed E-state index contributed by atoms with van der Waals surface area (Å²) in [5, 5.41) is 8.27. The molecule has 108 valence electrons. The van der Waals surface area contributed by atoms with Gasteiger partial charge < -0.3 is 5.73 Å². The molecule has 2 N–H and O–H groups in total. The molecule has 0 radical (unpaired) electrons. The molecule has 4 saturated carbocycles. The Morgan fingerprint density at radius 2 is 1.80 bits per heavy atom. The van der Waals surface area contributed by atoms with Gasteiger partial charge in [0, 0.05) is 5.41 Å². The summed E-state index contributed by atoms with van der Waals surface area (Å²) >= 11 is 2.89. The summed E-state index contributed by atoms with van der Waals surface area (Å²) in [6.07, 6.45) is 7.59. The monoisotopic (exact) mass is 309 g/mol. The zero-order chi connectivity index (χ0) is 13.7.